The van der Waals surface area contributed by atoms with E-state index in [0.717, 1.165) is 19.3 Å². The van der Waals surface area contributed by atoms with E-state index >= 15 is 0 Å². The number of hydrogen-bond donors (Lipinski definition) is 2. The topological polar surface area (TPSA) is 55.1 Å². The lowest BCUT2D eigenvalue weighted by molar-refractivity contribution is -0.121. The number of unbranched alkanes of at least 4 members (excludes halogenated alkanes) is 3. The van der Waals surface area contributed by atoms with Crippen LogP contribution in [0, 0.1) is 0 Å². The molecule has 3 heteroatoms. The van der Waals surface area contributed by atoms with Gasteiger partial charge in [0.1, 0.15) is 0 Å². The molecule has 0 aliphatic rings. The first-order valence-electron chi connectivity index (χ1n) is 5.73. The Balaban J connectivity index is 3.28. The van der Waals surface area contributed by atoms with Gasteiger partial charge in [-0.05, 0) is 12.8 Å². The van der Waals surface area contributed by atoms with Crippen LogP contribution in [0.3, 0.4) is 0 Å². The third-order valence-corrected chi connectivity index (χ3v) is 2.34. The molecule has 0 saturated heterocycles. The second kappa shape index (κ2) is 9.00. The average Bonchev–Trinajstić information content (AvgIpc) is 2.21. The molecule has 0 radical (unpaired) electrons. The molecule has 0 aromatic rings. The summed E-state index contributed by atoms with van der Waals surface area (Å²) in [5.74, 6) is 0.144. The normalized spacial score (nSPS) is 12.5. The van der Waals surface area contributed by atoms with Crippen LogP contribution in [0.2, 0.25) is 0 Å². The Labute approximate surface area is 87.4 Å². The Hall–Kier alpha value is -0.570. The van der Waals surface area contributed by atoms with Gasteiger partial charge in [-0.2, -0.15) is 0 Å². The maximum absolute atomic E-state index is 11.3. The Morgan fingerprint density at radius 3 is 2.57 bits per heavy atom. The average molecular weight is 200 g/mol. The standard InChI is InChI=1S/C11H24N2O/c1-3-5-6-7-8-11(14)13-9-10(12)4-2/h10H,3-9,12H2,1-2H3,(H,13,14). The van der Waals surface area contributed by atoms with Crippen molar-refractivity contribution in [1.82, 2.24) is 5.32 Å². The van der Waals surface area contributed by atoms with Gasteiger partial charge in [0.15, 0.2) is 0 Å². The molecule has 0 fully saturated rings. The van der Waals surface area contributed by atoms with Gasteiger partial charge in [-0.1, -0.05) is 33.1 Å². The lowest BCUT2D eigenvalue weighted by Gasteiger charge is -2.09. The fourth-order valence-corrected chi connectivity index (χ4v) is 1.19. The van der Waals surface area contributed by atoms with Crippen molar-refractivity contribution >= 4 is 5.91 Å². The number of carbonyl (C=O) groups is 1. The van der Waals surface area contributed by atoms with Crippen molar-refractivity contribution < 1.29 is 4.79 Å². The van der Waals surface area contributed by atoms with Crippen LogP contribution in [-0.4, -0.2) is 18.5 Å². The van der Waals surface area contributed by atoms with Crippen molar-refractivity contribution in [2.24, 2.45) is 5.73 Å². The molecular formula is C11H24N2O. The van der Waals surface area contributed by atoms with Crippen LogP contribution in [0.15, 0.2) is 0 Å². The van der Waals surface area contributed by atoms with Gasteiger partial charge < -0.3 is 11.1 Å². The molecule has 1 amide bonds. The predicted molar refractivity (Wildman–Crippen MR) is 60.0 cm³/mol. The first-order chi connectivity index (χ1) is 6.70. The maximum atomic E-state index is 11.3. The Morgan fingerprint density at radius 1 is 1.29 bits per heavy atom. The number of hydrogen-bond acceptors (Lipinski definition) is 2. The predicted octanol–water partition coefficient (Wildman–Crippen LogP) is 1.81. The van der Waals surface area contributed by atoms with Gasteiger partial charge in [0.2, 0.25) is 5.91 Å². The number of nitrogens with one attached hydrogen (secondary N) is 1. The number of amides is 1. The zero-order valence-electron chi connectivity index (χ0n) is 9.51. The van der Waals surface area contributed by atoms with Crippen molar-refractivity contribution in [1.29, 1.82) is 0 Å². The molecule has 0 aromatic carbocycles. The van der Waals surface area contributed by atoms with Gasteiger partial charge in [-0.3, -0.25) is 4.79 Å². The van der Waals surface area contributed by atoms with Crippen LogP contribution in [0.4, 0.5) is 0 Å². The number of nitrogens with two attached hydrogens (primary N) is 1. The van der Waals surface area contributed by atoms with Crippen molar-refractivity contribution in [3.8, 4) is 0 Å². The van der Waals surface area contributed by atoms with E-state index in [2.05, 4.69) is 12.2 Å². The smallest absolute Gasteiger partial charge is 0.220 e. The van der Waals surface area contributed by atoms with Crippen LogP contribution in [-0.2, 0) is 4.79 Å². The van der Waals surface area contributed by atoms with Crippen molar-refractivity contribution in [2.45, 2.75) is 58.4 Å². The fourth-order valence-electron chi connectivity index (χ4n) is 1.19. The van der Waals surface area contributed by atoms with E-state index in [4.69, 9.17) is 5.73 Å². The highest BCUT2D eigenvalue weighted by molar-refractivity contribution is 5.75. The summed E-state index contributed by atoms with van der Waals surface area (Å²) in [5.41, 5.74) is 5.68. The summed E-state index contributed by atoms with van der Waals surface area (Å²) in [7, 11) is 0. The molecule has 1 unspecified atom stereocenters. The zero-order valence-corrected chi connectivity index (χ0v) is 9.51. The molecule has 0 bridgehead atoms. The number of carbonyl (C=O) groups excluding carboxylic acids is 1. The Bertz CT molecular complexity index is 148. The minimum atomic E-state index is 0.106. The van der Waals surface area contributed by atoms with Crippen molar-refractivity contribution in [3.63, 3.8) is 0 Å². The SMILES string of the molecule is CCCCCCC(=O)NCC(N)CC. The molecule has 0 aliphatic carbocycles. The van der Waals surface area contributed by atoms with Gasteiger partial charge in [-0.15, -0.1) is 0 Å². The van der Waals surface area contributed by atoms with E-state index in [-0.39, 0.29) is 11.9 Å². The van der Waals surface area contributed by atoms with Gasteiger partial charge in [0, 0.05) is 19.0 Å². The first kappa shape index (κ1) is 13.4. The minimum Gasteiger partial charge on any atom is -0.355 e. The van der Waals surface area contributed by atoms with E-state index < -0.39 is 0 Å². The third kappa shape index (κ3) is 8.05. The number of rotatable bonds is 8. The highest BCUT2D eigenvalue weighted by Crippen LogP contribution is 2.01. The fraction of sp³-hybridized carbons (Fsp3) is 0.909. The quantitative estimate of drug-likeness (QED) is 0.587. The zero-order chi connectivity index (χ0) is 10.8. The molecule has 0 aliphatic heterocycles. The Kier molecular flexibility index (Phi) is 8.64. The Morgan fingerprint density at radius 2 is 2.00 bits per heavy atom. The summed E-state index contributed by atoms with van der Waals surface area (Å²) in [5, 5.41) is 2.85. The molecule has 3 N–H and O–H groups in total. The summed E-state index contributed by atoms with van der Waals surface area (Å²) in [6.07, 6.45) is 6.15. The summed E-state index contributed by atoms with van der Waals surface area (Å²) in [6, 6.07) is 0.106. The van der Waals surface area contributed by atoms with Crippen molar-refractivity contribution in [2.75, 3.05) is 6.54 Å². The molecule has 0 rings (SSSR count). The van der Waals surface area contributed by atoms with E-state index in [1.165, 1.54) is 12.8 Å². The minimum absolute atomic E-state index is 0.106. The van der Waals surface area contributed by atoms with E-state index in [9.17, 15) is 4.79 Å². The lowest BCUT2D eigenvalue weighted by atomic mass is 10.1. The molecule has 3 nitrogen and oxygen atoms in total. The molecule has 0 aromatic heterocycles. The second-order valence-corrected chi connectivity index (χ2v) is 3.78. The molecule has 0 spiro atoms. The van der Waals surface area contributed by atoms with Gasteiger partial charge in [-0.25, -0.2) is 0 Å². The molecule has 84 valence electrons. The molecule has 0 heterocycles. The summed E-state index contributed by atoms with van der Waals surface area (Å²) < 4.78 is 0. The highest BCUT2D eigenvalue weighted by atomic mass is 16.1. The van der Waals surface area contributed by atoms with E-state index in [1.54, 1.807) is 0 Å². The van der Waals surface area contributed by atoms with Gasteiger partial charge in [0.05, 0.1) is 0 Å². The van der Waals surface area contributed by atoms with Crippen LogP contribution in [0.1, 0.15) is 52.4 Å². The lowest BCUT2D eigenvalue weighted by Crippen LogP contribution is -2.36. The molecule has 1 atom stereocenters. The summed E-state index contributed by atoms with van der Waals surface area (Å²) in [6.45, 7) is 4.81. The molecule has 0 saturated carbocycles. The summed E-state index contributed by atoms with van der Waals surface area (Å²) >= 11 is 0. The van der Waals surface area contributed by atoms with E-state index in [0.29, 0.717) is 13.0 Å². The third-order valence-electron chi connectivity index (χ3n) is 2.34. The van der Waals surface area contributed by atoms with Crippen LogP contribution in [0.25, 0.3) is 0 Å². The van der Waals surface area contributed by atoms with E-state index in [1.807, 2.05) is 6.92 Å². The monoisotopic (exact) mass is 200 g/mol. The van der Waals surface area contributed by atoms with Gasteiger partial charge >= 0.3 is 0 Å². The molecular weight excluding hydrogens is 176 g/mol. The van der Waals surface area contributed by atoms with Crippen LogP contribution >= 0.6 is 0 Å². The first-order valence-corrected chi connectivity index (χ1v) is 5.73. The second-order valence-electron chi connectivity index (χ2n) is 3.78. The maximum Gasteiger partial charge on any atom is 0.220 e. The van der Waals surface area contributed by atoms with Crippen molar-refractivity contribution in [3.05, 3.63) is 0 Å². The highest BCUT2D eigenvalue weighted by Gasteiger charge is 2.03. The van der Waals surface area contributed by atoms with Crippen LogP contribution < -0.4 is 11.1 Å². The van der Waals surface area contributed by atoms with Crippen LogP contribution in [0.5, 0.6) is 0 Å². The summed E-state index contributed by atoms with van der Waals surface area (Å²) in [4.78, 5) is 11.3. The molecule has 14 heavy (non-hydrogen) atoms. The largest absolute Gasteiger partial charge is 0.355 e. The van der Waals surface area contributed by atoms with Gasteiger partial charge in [0.25, 0.3) is 0 Å².